The third kappa shape index (κ3) is 5.50. The summed E-state index contributed by atoms with van der Waals surface area (Å²) in [6, 6.07) is 4.50. The van der Waals surface area contributed by atoms with Crippen molar-refractivity contribution in [1.82, 2.24) is 15.1 Å². The average Bonchev–Trinajstić information content (AvgIpc) is 3.39. The molecular weight excluding hydrogens is 600 g/mol. The number of carbonyl (C=O) groups excluding carboxylic acids is 2. The van der Waals surface area contributed by atoms with E-state index >= 15 is 0 Å². The van der Waals surface area contributed by atoms with Gasteiger partial charge in [-0.15, -0.1) is 0 Å². The standard InChI is InChI=1S/C27H17ClF8N4O2/c1-40-19(4-5-26(31,32)33)16-10-18(37-24(41)11-6-12(27(34,35)36)8-14(30)7-11)20-21(23(16)39-40)25(42)38-22(20)15-9-13(29)2-3-17(15)28/h2-3,6-10,22H,4-5H2,1H3,(H,37,41)(H,38,42). The minimum absolute atomic E-state index is 0.0127. The molecule has 2 N–H and O–H groups in total. The second-order valence-electron chi connectivity index (χ2n) is 9.55. The van der Waals surface area contributed by atoms with E-state index in [-0.39, 0.29) is 50.1 Å². The van der Waals surface area contributed by atoms with Crippen LogP contribution in [0.4, 0.5) is 40.8 Å². The molecule has 0 saturated heterocycles. The number of aromatic nitrogens is 2. The molecule has 1 aromatic heterocycles. The van der Waals surface area contributed by atoms with E-state index in [0.717, 1.165) is 16.8 Å². The number of amides is 2. The Bertz CT molecular complexity index is 1760. The fraction of sp³-hybridized carbons (Fsp3) is 0.222. The maximum atomic E-state index is 14.2. The van der Waals surface area contributed by atoms with Crippen molar-refractivity contribution in [2.45, 2.75) is 31.2 Å². The maximum Gasteiger partial charge on any atom is 0.416 e. The van der Waals surface area contributed by atoms with E-state index in [1.807, 2.05) is 0 Å². The smallest absolute Gasteiger partial charge is 0.341 e. The molecule has 1 atom stereocenters. The largest absolute Gasteiger partial charge is 0.416 e. The van der Waals surface area contributed by atoms with Crippen molar-refractivity contribution in [2.75, 3.05) is 5.32 Å². The van der Waals surface area contributed by atoms with Crippen LogP contribution in [0.2, 0.25) is 5.02 Å². The molecule has 0 bridgehead atoms. The van der Waals surface area contributed by atoms with Crippen molar-refractivity contribution in [1.29, 1.82) is 0 Å². The number of nitrogens with zero attached hydrogens (tertiary/aromatic N) is 2. The Morgan fingerprint density at radius 1 is 1.05 bits per heavy atom. The van der Waals surface area contributed by atoms with Gasteiger partial charge < -0.3 is 10.6 Å². The first-order chi connectivity index (χ1) is 19.5. The van der Waals surface area contributed by atoms with E-state index in [4.69, 9.17) is 11.6 Å². The zero-order valence-corrected chi connectivity index (χ0v) is 21.9. The van der Waals surface area contributed by atoms with Crippen molar-refractivity contribution >= 4 is 40.0 Å². The van der Waals surface area contributed by atoms with Gasteiger partial charge in [0.15, 0.2) is 0 Å². The normalized spacial score (nSPS) is 15.2. The maximum absolute atomic E-state index is 14.2. The highest BCUT2D eigenvalue weighted by molar-refractivity contribution is 6.31. The van der Waals surface area contributed by atoms with E-state index in [1.54, 1.807) is 0 Å². The number of hydrogen-bond acceptors (Lipinski definition) is 3. The molecule has 15 heteroatoms. The van der Waals surface area contributed by atoms with E-state index in [2.05, 4.69) is 15.7 Å². The third-order valence-corrected chi connectivity index (χ3v) is 7.08. The number of rotatable bonds is 5. The topological polar surface area (TPSA) is 76.0 Å². The number of fused-ring (bicyclic) bond motifs is 3. The fourth-order valence-corrected chi connectivity index (χ4v) is 5.14. The molecule has 0 fully saturated rings. The summed E-state index contributed by atoms with van der Waals surface area (Å²) in [6.07, 6.45) is -11.3. The number of benzene rings is 3. The first-order valence-corrected chi connectivity index (χ1v) is 12.5. The monoisotopic (exact) mass is 616 g/mol. The van der Waals surface area contributed by atoms with E-state index in [9.17, 15) is 44.7 Å². The Hall–Kier alpha value is -4.20. The second kappa shape index (κ2) is 10.3. The van der Waals surface area contributed by atoms with Crippen molar-refractivity contribution in [3.8, 4) is 0 Å². The molecule has 3 aromatic carbocycles. The zero-order valence-electron chi connectivity index (χ0n) is 21.1. The van der Waals surface area contributed by atoms with Gasteiger partial charge in [0, 0.05) is 51.9 Å². The fourth-order valence-electron chi connectivity index (χ4n) is 4.91. The van der Waals surface area contributed by atoms with Gasteiger partial charge in [-0.05, 0) is 48.9 Å². The third-order valence-electron chi connectivity index (χ3n) is 6.73. The molecule has 0 spiro atoms. The lowest BCUT2D eigenvalue weighted by molar-refractivity contribution is -0.138. The Labute approximate surface area is 236 Å². The van der Waals surface area contributed by atoms with Crippen LogP contribution in [-0.2, 0) is 19.6 Å². The molecule has 5 rings (SSSR count). The van der Waals surface area contributed by atoms with Crippen LogP contribution in [0.25, 0.3) is 10.9 Å². The van der Waals surface area contributed by atoms with Crippen molar-refractivity contribution in [2.24, 2.45) is 7.05 Å². The van der Waals surface area contributed by atoms with Crippen LogP contribution in [0, 0.1) is 11.6 Å². The summed E-state index contributed by atoms with van der Waals surface area (Å²) in [7, 11) is 1.36. The molecule has 42 heavy (non-hydrogen) atoms. The van der Waals surface area contributed by atoms with Crippen LogP contribution in [-0.4, -0.2) is 27.8 Å². The van der Waals surface area contributed by atoms with Gasteiger partial charge in [-0.3, -0.25) is 14.3 Å². The molecule has 1 aliphatic heterocycles. The van der Waals surface area contributed by atoms with E-state index in [0.29, 0.717) is 12.1 Å². The Kier molecular flexibility index (Phi) is 7.16. The number of halogens is 9. The molecule has 2 amide bonds. The van der Waals surface area contributed by atoms with Crippen molar-refractivity contribution in [3.05, 3.63) is 92.6 Å². The summed E-state index contributed by atoms with van der Waals surface area (Å²) in [5.74, 6) is -4.07. The van der Waals surface area contributed by atoms with Crippen LogP contribution in [0.3, 0.4) is 0 Å². The summed E-state index contributed by atoms with van der Waals surface area (Å²) in [5.41, 5.74) is -2.49. The van der Waals surface area contributed by atoms with Crippen LogP contribution in [0.5, 0.6) is 0 Å². The van der Waals surface area contributed by atoms with E-state index < -0.39 is 65.8 Å². The number of anilines is 1. The molecule has 2 heterocycles. The highest BCUT2D eigenvalue weighted by atomic mass is 35.5. The summed E-state index contributed by atoms with van der Waals surface area (Å²) in [5, 5.41) is 9.24. The Balaban J connectivity index is 1.71. The zero-order chi connectivity index (χ0) is 30.7. The average molecular weight is 617 g/mol. The highest BCUT2D eigenvalue weighted by Gasteiger charge is 2.38. The minimum Gasteiger partial charge on any atom is -0.341 e. The van der Waals surface area contributed by atoms with Crippen molar-refractivity contribution in [3.63, 3.8) is 0 Å². The summed E-state index contributed by atoms with van der Waals surface area (Å²) < 4.78 is 108. The number of alkyl halides is 6. The predicted octanol–water partition coefficient (Wildman–Crippen LogP) is 7.10. The molecule has 0 aliphatic carbocycles. The minimum atomic E-state index is -4.98. The first-order valence-electron chi connectivity index (χ1n) is 12.1. The van der Waals surface area contributed by atoms with Gasteiger partial charge in [0.05, 0.1) is 17.2 Å². The molecule has 6 nitrogen and oxygen atoms in total. The molecule has 0 saturated carbocycles. The quantitative estimate of drug-likeness (QED) is 0.235. The molecule has 220 valence electrons. The molecule has 1 unspecified atom stereocenters. The van der Waals surface area contributed by atoms with Gasteiger partial charge in [-0.1, -0.05) is 11.6 Å². The Morgan fingerprint density at radius 3 is 2.43 bits per heavy atom. The lowest BCUT2D eigenvalue weighted by Crippen LogP contribution is -2.21. The van der Waals surface area contributed by atoms with Gasteiger partial charge in [0.1, 0.15) is 17.2 Å². The lowest BCUT2D eigenvalue weighted by Gasteiger charge is -2.18. The second-order valence-corrected chi connectivity index (χ2v) is 9.95. The summed E-state index contributed by atoms with van der Waals surface area (Å²) >= 11 is 6.27. The number of nitrogens with one attached hydrogen (secondary N) is 2. The summed E-state index contributed by atoms with van der Waals surface area (Å²) in [6.45, 7) is 0. The van der Waals surface area contributed by atoms with Gasteiger partial charge >= 0.3 is 12.4 Å². The van der Waals surface area contributed by atoms with Gasteiger partial charge in [0.25, 0.3) is 11.8 Å². The molecule has 1 aliphatic rings. The van der Waals surface area contributed by atoms with Gasteiger partial charge in [0.2, 0.25) is 0 Å². The number of hydrogen-bond donors (Lipinski definition) is 2. The summed E-state index contributed by atoms with van der Waals surface area (Å²) in [4.78, 5) is 26.4. The van der Waals surface area contributed by atoms with Gasteiger partial charge in [-0.25, -0.2) is 8.78 Å². The number of carbonyl (C=O) groups is 2. The van der Waals surface area contributed by atoms with Gasteiger partial charge in [-0.2, -0.15) is 31.4 Å². The van der Waals surface area contributed by atoms with Crippen LogP contribution in [0.1, 0.15) is 55.6 Å². The molecule has 4 aromatic rings. The van der Waals surface area contributed by atoms with Crippen LogP contribution in [0.15, 0.2) is 42.5 Å². The van der Waals surface area contributed by atoms with Crippen molar-refractivity contribution < 1.29 is 44.7 Å². The lowest BCUT2D eigenvalue weighted by atomic mass is 9.93. The Morgan fingerprint density at radius 2 is 1.76 bits per heavy atom. The molecule has 0 radical (unpaired) electrons. The first kappa shape index (κ1) is 29.3. The SMILES string of the molecule is Cn1nc2c3c(c(NC(=O)c4cc(F)cc(C(F)(F)F)c4)cc2c1CCC(F)(F)F)C(c1cc(F)ccc1Cl)NC3=O. The van der Waals surface area contributed by atoms with E-state index in [1.165, 1.54) is 19.2 Å². The highest BCUT2D eigenvalue weighted by Crippen LogP contribution is 2.43. The predicted molar refractivity (Wildman–Crippen MR) is 135 cm³/mol. The number of aryl methyl sites for hydroxylation is 2. The van der Waals surface area contributed by atoms with Crippen LogP contribution >= 0.6 is 11.6 Å². The molecular formula is C27H17ClF8N4O2. The van der Waals surface area contributed by atoms with Crippen LogP contribution < -0.4 is 10.6 Å².